The van der Waals surface area contributed by atoms with E-state index in [1.807, 2.05) is 13.8 Å². The molecule has 2 aromatic carbocycles. The number of carbonyl (C=O) groups excluding carboxylic acids is 2. The second-order valence-electron chi connectivity index (χ2n) is 8.25. The standard InChI is InChI=1S/C23H22N2O6/c1-4-31-25-14-8-12-15-11(9-23(14,2)24-12)20(27)17-18(21(15)28)22(29)16-10(19(17)26)6-5-7-13(16)30-3/h5-7,12,24,27-28H,4,8-9H2,1-3H3. The molecule has 1 saturated heterocycles. The Balaban J connectivity index is 1.74. The van der Waals surface area contributed by atoms with Crippen LogP contribution in [0.1, 0.15) is 69.3 Å². The second-order valence-corrected chi connectivity index (χ2v) is 8.25. The lowest BCUT2D eigenvalue weighted by Crippen LogP contribution is -2.48. The van der Waals surface area contributed by atoms with Gasteiger partial charge in [-0.25, -0.2) is 0 Å². The number of oxime groups is 1. The molecule has 1 aliphatic carbocycles. The maximum atomic E-state index is 13.4. The minimum absolute atomic E-state index is 0.0933. The van der Waals surface area contributed by atoms with Crippen LogP contribution in [0.3, 0.4) is 0 Å². The fraction of sp³-hybridized carbons (Fsp3) is 0.348. The van der Waals surface area contributed by atoms with Crippen LogP contribution < -0.4 is 10.1 Å². The Morgan fingerprint density at radius 3 is 2.61 bits per heavy atom. The van der Waals surface area contributed by atoms with Crippen molar-refractivity contribution in [3.63, 3.8) is 0 Å². The van der Waals surface area contributed by atoms with E-state index >= 15 is 0 Å². The molecule has 0 amide bonds. The van der Waals surface area contributed by atoms with Crippen molar-refractivity contribution >= 4 is 17.3 Å². The fourth-order valence-electron chi connectivity index (χ4n) is 5.07. The quantitative estimate of drug-likeness (QED) is 0.439. The predicted octanol–water partition coefficient (Wildman–Crippen LogP) is 2.62. The highest BCUT2D eigenvalue weighted by Gasteiger charge is 2.51. The first-order valence-electron chi connectivity index (χ1n) is 10.2. The molecule has 2 unspecified atom stereocenters. The Morgan fingerprint density at radius 2 is 1.90 bits per heavy atom. The maximum Gasteiger partial charge on any atom is 0.202 e. The van der Waals surface area contributed by atoms with E-state index in [-0.39, 0.29) is 45.5 Å². The molecule has 2 bridgehead atoms. The molecule has 8 heteroatoms. The average molecular weight is 422 g/mol. The minimum atomic E-state index is -0.589. The number of nitrogens with one attached hydrogen (secondary N) is 1. The molecule has 2 aromatic rings. The Hall–Kier alpha value is -3.39. The van der Waals surface area contributed by atoms with Gasteiger partial charge in [-0.15, -0.1) is 0 Å². The summed E-state index contributed by atoms with van der Waals surface area (Å²) in [7, 11) is 1.41. The highest BCUT2D eigenvalue weighted by molar-refractivity contribution is 6.31. The van der Waals surface area contributed by atoms with Crippen LogP contribution in [0.25, 0.3) is 0 Å². The first kappa shape index (κ1) is 19.6. The van der Waals surface area contributed by atoms with Crippen molar-refractivity contribution in [2.45, 2.75) is 38.3 Å². The van der Waals surface area contributed by atoms with E-state index in [0.717, 1.165) is 5.71 Å². The second kappa shape index (κ2) is 6.55. The van der Waals surface area contributed by atoms with Gasteiger partial charge in [-0.2, -0.15) is 0 Å². The fourth-order valence-corrected chi connectivity index (χ4v) is 5.07. The van der Waals surface area contributed by atoms with E-state index < -0.39 is 17.1 Å². The molecular weight excluding hydrogens is 400 g/mol. The molecular formula is C23H22N2O6. The smallest absolute Gasteiger partial charge is 0.202 e. The van der Waals surface area contributed by atoms with Crippen LogP contribution in [0.2, 0.25) is 0 Å². The van der Waals surface area contributed by atoms with E-state index in [0.29, 0.717) is 30.6 Å². The molecule has 0 aromatic heterocycles. The molecule has 0 radical (unpaired) electrons. The van der Waals surface area contributed by atoms with Gasteiger partial charge in [0.05, 0.1) is 35.1 Å². The molecule has 3 N–H and O–H groups in total. The first-order chi connectivity index (χ1) is 14.8. The third-order valence-electron chi connectivity index (χ3n) is 6.47. The van der Waals surface area contributed by atoms with Crippen LogP contribution >= 0.6 is 0 Å². The SMILES string of the molecule is CCON=C1CC2NC1(C)Cc1c(O)c3c(c(O)c12)C(=O)c1c(OC)cccc1C3=O. The average Bonchev–Trinajstić information content (AvgIpc) is 3.01. The van der Waals surface area contributed by atoms with Gasteiger partial charge in [-0.05, 0) is 26.3 Å². The molecule has 0 spiro atoms. The number of rotatable bonds is 3. The third-order valence-corrected chi connectivity index (χ3v) is 6.47. The molecule has 31 heavy (non-hydrogen) atoms. The number of ketones is 2. The summed E-state index contributed by atoms with van der Waals surface area (Å²) >= 11 is 0. The van der Waals surface area contributed by atoms with Crippen molar-refractivity contribution in [2.24, 2.45) is 5.16 Å². The van der Waals surface area contributed by atoms with Crippen LogP contribution in [0, 0.1) is 0 Å². The van der Waals surface area contributed by atoms with Gasteiger partial charge in [0.15, 0.2) is 5.78 Å². The summed E-state index contributed by atoms with van der Waals surface area (Å²) < 4.78 is 5.28. The van der Waals surface area contributed by atoms with E-state index in [1.165, 1.54) is 13.2 Å². The van der Waals surface area contributed by atoms with E-state index in [4.69, 9.17) is 9.57 Å². The zero-order chi connectivity index (χ0) is 22.1. The van der Waals surface area contributed by atoms with Gasteiger partial charge in [0.2, 0.25) is 5.78 Å². The van der Waals surface area contributed by atoms with Crippen molar-refractivity contribution in [1.29, 1.82) is 0 Å². The number of methoxy groups -OCH3 is 1. The summed E-state index contributed by atoms with van der Waals surface area (Å²) in [6.45, 7) is 4.20. The Labute approximate surface area is 178 Å². The van der Waals surface area contributed by atoms with Crippen LogP contribution in [0.5, 0.6) is 17.2 Å². The lowest BCUT2D eigenvalue weighted by atomic mass is 9.77. The molecule has 8 nitrogen and oxygen atoms in total. The molecule has 2 heterocycles. The molecule has 160 valence electrons. The van der Waals surface area contributed by atoms with E-state index in [2.05, 4.69) is 10.5 Å². The zero-order valence-corrected chi connectivity index (χ0v) is 17.4. The number of benzene rings is 2. The van der Waals surface area contributed by atoms with Crippen molar-refractivity contribution in [3.05, 3.63) is 51.6 Å². The number of phenolic OH excluding ortho intramolecular Hbond substituents is 2. The molecule has 2 atom stereocenters. The third kappa shape index (κ3) is 2.48. The number of ether oxygens (including phenoxy) is 1. The molecule has 0 saturated carbocycles. The minimum Gasteiger partial charge on any atom is -0.507 e. The molecule has 3 aliphatic rings. The lowest BCUT2D eigenvalue weighted by molar-refractivity contribution is 0.0971. The molecule has 5 rings (SSSR count). The number of fused-ring (bicyclic) bond motifs is 6. The normalized spacial score (nSPS) is 24.6. The predicted molar refractivity (Wildman–Crippen MR) is 111 cm³/mol. The van der Waals surface area contributed by atoms with Gasteiger partial charge in [-0.3, -0.25) is 14.9 Å². The number of hydrogen-bond donors (Lipinski definition) is 3. The van der Waals surface area contributed by atoms with Crippen LogP contribution in [-0.4, -0.2) is 46.7 Å². The van der Waals surface area contributed by atoms with Gasteiger partial charge >= 0.3 is 0 Å². The van der Waals surface area contributed by atoms with Crippen LogP contribution in [0.4, 0.5) is 0 Å². The number of hydrogen-bond acceptors (Lipinski definition) is 8. The largest absolute Gasteiger partial charge is 0.507 e. The first-order valence-corrected chi connectivity index (χ1v) is 10.2. The summed E-state index contributed by atoms with van der Waals surface area (Å²) in [5.74, 6) is -1.36. The summed E-state index contributed by atoms with van der Waals surface area (Å²) in [5, 5.41) is 30.0. The van der Waals surface area contributed by atoms with Gasteiger partial charge in [0.25, 0.3) is 0 Å². The number of nitrogens with zero attached hydrogens (tertiary/aromatic N) is 1. The monoisotopic (exact) mass is 422 g/mol. The number of aromatic hydroxyl groups is 2. The van der Waals surface area contributed by atoms with Crippen LogP contribution in [-0.2, 0) is 11.3 Å². The van der Waals surface area contributed by atoms with Gasteiger partial charge in [-0.1, -0.05) is 17.3 Å². The molecule has 1 fully saturated rings. The Kier molecular flexibility index (Phi) is 4.14. The van der Waals surface area contributed by atoms with Crippen LogP contribution in [0.15, 0.2) is 23.4 Å². The van der Waals surface area contributed by atoms with Crippen molar-refractivity contribution in [3.8, 4) is 17.2 Å². The Morgan fingerprint density at radius 1 is 1.16 bits per heavy atom. The van der Waals surface area contributed by atoms with E-state index in [9.17, 15) is 19.8 Å². The highest BCUT2D eigenvalue weighted by atomic mass is 16.6. The number of phenols is 2. The highest BCUT2D eigenvalue weighted by Crippen LogP contribution is 2.52. The zero-order valence-electron chi connectivity index (χ0n) is 17.4. The summed E-state index contributed by atoms with van der Waals surface area (Å²) in [6.07, 6.45) is 0.751. The summed E-state index contributed by atoms with van der Waals surface area (Å²) in [6, 6.07) is 4.36. The Bertz CT molecular complexity index is 1200. The van der Waals surface area contributed by atoms with Crippen molar-refractivity contribution in [2.75, 3.05) is 13.7 Å². The summed E-state index contributed by atoms with van der Waals surface area (Å²) in [5.41, 5.74) is 0.952. The summed E-state index contributed by atoms with van der Waals surface area (Å²) in [4.78, 5) is 32.0. The lowest BCUT2D eigenvalue weighted by Gasteiger charge is -2.35. The van der Waals surface area contributed by atoms with Gasteiger partial charge < -0.3 is 19.8 Å². The van der Waals surface area contributed by atoms with Gasteiger partial charge in [0, 0.05) is 29.2 Å². The van der Waals surface area contributed by atoms with Crippen molar-refractivity contribution in [1.82, 2.24) is 5.32 Å². The topological polar surface area (TPSA) is 117 Å². The van der Waals surface area contributed by atoms with Gasteiger partial charge in [0.1, 0.15) is 23.9 Å². The number of carbonyl (C=O) groups is 2. The van der Waals surface area contributed by atoms with Crippen molar-refractivity contribution < 1.29 is 29.4 Å². The van der Waals surface area contributed by atoms with E-state index in [1.54, 1.807) is 12.1 Å². The molecule has 2 aliphatic heterocycles. The maximum absolute atomic E-state index is 13.4.